The molecule has 0 saturated carbocycles. The van der Waals surface area contributed by atoms with Crippen LogP contribution in [0.1, 0.15) is 37.3 Å². The van der Waals surface area contributed by atoms with Gasteiger partial charge in [-0.05, 0) is 36.8 Å². The third kappa shape index (κ3) is 3.24. The molecule has 16 heavy (non-hydrogen) atoms. The van der Waals surface area contributed by atoms with E-state index in [4.69, 9.17) is 4.74 Å². The molecule has 1 aromatic rings. The van der Waals surface area contributed by atoms with E-state index in [1.807, 2.05) is 0 Å². The standard InChI is InChI=1S/C14H21BrO/c1-10(2)12(7-8-15)13-9-11(3)5-6-14(13)16-4/h5-6,9-10,12H,7-8H2,1-4H3. The summed E-state index contributed by atoms with van der Waals surface area (Å²) in [5.74, 6) is 2.22. The van der Waals surface area contributed by atoms with Gasteiger partial charge in [0.15, 0.2) is 0 Å². The number of halogens is 1. The third-order valence-electron chi connectivity index (χ3n) is 3.01. The number of benzene rings is 1. The summed E-state index contributed by atoms with van der Waals surface area (Å²) in [6, 6.07) is 6.44. The zero-order valence-corrected chi connectivity index (χ0v) is 12.2. The SMILES string of the molecule is COc1ccc(C)cc1C(CCBr)C(C)C. The first-order valence-electron chi connectivity index (χ1n) is 5.80. The van der Waals surface area contributed by atoms with Gasteiger partial charge in [0.25, 0.3) is 0 Å². The lowest BCUT2D eigenvalue weighted by atomic mass is 9.85. The molecule has 1 nitrogen and oxygen atoms in total. The van der Waals surface area contributed by atoms with Crippen LogP contribution in [0.2, 0.25) is 0 Å². The molecule has 1 atom stereocenters. The molecular formula is C14H21BrO. The molecule has 90 valence electrons. The Balaban J connectivity index is 3.10. The molecule has 0 aliphatic heterocycles. The maximum atomic E-state index is 5.46. The van der Waals surface area contributed by atoms with Crippen molar-refractivity contribution in [2.24, 2.45) is 5.92 Å². The fourth-order valence-electron chi connectivity index (χ4n) is 2.11. The van der Waals surface area contributed by atoms with Gasteiger partial charge in [0, 0.05) is 5.33 Å². The molecule has 0 fully saturated rings. The molecule has 0 aliphatic carbocycles. The van der Waals surface area contributed by atoms with Crippen LogP contribution >= 0.6 is 15.9 Å². The van der Waals surface area contributed by atoms with Gasteiger partial charge in [-0.2, -0.15) is 0 Å². The molecule has 0 heterocycles. The van der Waals surface area contributed by atoms with Crippen molar-refractivity contribution >= 4 is 15.9 Å². The quantitative estimate of drug-likeness (QED) is 0.722. The van der Waals surface area contributed by atoms with E-state index < -0.39 is 0 Å². The van der Waals surface area contributed by atoms with Crippen LogP contribution in [-0.2, 0) is 0 Å². The summed E-state index contributed by atoms with van der Waals surface area (Å²) in [6.07, 6.45) is 1.15. The van der Waals surface area contributed by atoms with E-state index in [1.165, 1.54) is 11.1 Å². The minimum Gasteiger partial charge on any atom is -0.496 e. The molecule has 0 amide bonds. The summed E-state index contributed by atoms with van der Waals surface area (Å²) < 4.78 is 5.46. The van der Waals surface area contributed by atoms with E-state index >= 15 is 0 Å². The number of hydrogen-bond donors (Lipinski definition) is 0. The van der Waals surface area contributed by atoms with Crippen molar-refractivity contribution in [1.29, 1.82) is 0 Å². The van der Waals surface area contributed by atoms with Gasteiger partial charge in [-0.1, -0.05) is 47.5 Å². The fraction of sp³-hybridized carbons (Fsp3) is 0.571. The lowest BCUT2D eigenvalue weighted by Crippen LogP contribution is -2.09. The predicted octanol–water partition coefficient (Wildman–Crippen LogP) is 4.53. The van der Waals surface area contributed by atoms with E-state index in [9.17, 15) is 0 Å². The Bertz CT molecular complexity index is 334. The van der Waals surface area contributed by atoms with Gasteiger partial charge in [-0.15, -0.1) is 0 Å². The summed E-state index contributed by atoms with van der Waals surface area (Å²) in [7, 11) is 1.75. The van der Waals surface area contributed by atoms with Crippen LogP contribution in [0.15, 0.2) is 18.2 Å². The van der Waals surface area contributed by atoms with Crippen molar-refractivity contribution in [3.63, 3.8) is 0 Å². The number of rotatable bonds is 5. The van der Waals surface area contributed by atoms with Crippen molar-refractivity contribution in [3.05, 3.63) is 29.3 Å². The second kappa shape index (κ2) is 6.29. The minimum absolute atomic E-state index is 0.564. The second-order valence-corrected chi connectivity index (χ2v) is 5.37. The molecule has 0 spiro atoms. The van der Waals surface area contributed by atoms with E-state index in [0.29, 0.717) is 11.8 Å². The third-order valence-corrected chi connectivity index (χ3v) is 3.47. The maximum Gasteiger partial charge on any atom is 0.122 e. The number of hydrogen-bond acceptors (Lipinski definition) is 1. The van der Waals surface area contributed by atoms with Gasteiger partial charge >= 0.3 is 0 Å². The highest BCUT2D eigenvalue weighted by molar-refractivity contribution is 9.09. The Labute approximate surface area is 107 Å². The van der Waals surface area contributed by atoms with Crippen molar-refractivity contribution in [2.45, 2.75) is 33.1 Å². The van der Waals surface area contributed by atoms with Gasteiger partial charge in [0.05, 0.1) is 7.11 Å². The van der Waals surface area contributed by atoms with E-state index in [2.05, 4.69) is 54.9 Å². The average molecular weight is 285 g/mol. The Morgan fingerprint density at radius 1 is 1.31 bits per heavy atom. The Morgan fingerprint density at radius 2 is 2.00 bits per heavy atom. The van der Waals surface area contributed by atoms with Crippen LogP contribution in [0, 0.1) is 12.8 Å². The topological polar surface area (TPSA) is 9.23 Å². The van der Waals surface area contributed by atoms with E-state index in [-0.39, 0.29) is 0 Å². The maximum absolute atomic E-state index is 5.46. The highest BCUT2D eigenvalue weighted by atomic mass is 79.9. The zero-order chi connectivity index (χ0) is 12.1. The van der Waals surface area contributed by atoms with Crippen LogP contribution in [-0.4, -0.2) is 12.4 Å². The Morgan fingerprint density at radius 3 is 2.50 bits per heavy atom. The van der Waals surface area contributed by atoms with E-state index in [0.717, 1.165) is 17.5 Å². The molecule has 0 aromatic heterocycles. The Hall–Kier alpha value is -0.500. The van der Waals surface area contributed by atoms with Gasteiger partial charge in [0.1, 0.15) is 5.75 Å². The minimum atomic E-state index is 0.564. The summed E-state index contributed by atoms with van der Waals surface area (Å²) in [6.45, 7) is 6.68. The molecule has 1 unspecified atom stereocenters. The lowest BCUT2D eigenvalue weighted by Gasteiger charge is -2.23. The van der Waals surface area contributed by atoms with Crippen molar-refractivity contribution < 1.29 is 4.74 Å². The van der Waals surface area contributed by atoms with Crippen LogP contribution in [0.3, 0.4) is 0 Å². The molecule has 2 heteroatoms. The smallest absolute Gasteiger partial charge is 0.122 e. The highest BCUT2D eigenvalue weighted by Crippen LogP contribution is 2.35. The molecule has 0 N–H and O–H groups in total. The van der Waals surface area contributed by atoms with Crippen molar-refractivity contribution in [2.75, 3.05) is 12.4 Å². The molecule has 0 aliphatic rings. The average Bonchev–Trinajstić information content (AvgIpc) is 2.25. The van der Waals surface area contributed by atoms with Crippen LogP contribution in [0.5, 0.6) is 5.75 Å². The fourth-order valence-corrected chi connectivity index (χ4v) is 2.60. The summed E-state index contributed by atoms with van der Waals surface area (Å²) >= 11 is 3.54. The van der Waals surface area contributed by atoms with Crippen molar-refractivity contribution in [1.82, 2.24) is 0 Å². The molecule has 1 rings (SSSR count). The zero-order valence-electron chi connectivity index (χ0n) is 10.6. The Kier molecular flexibility index (Phi) is 5.33. The van der Waals surface area contributed by atoms with Crippen LogP contribution in [0.25, 0.3) is 0 Å². The van der Waals surface area contributed by atoms with Gasteiger partial charge in [-0.3, -0.25) is 0 Å². The van der Waals surface area contributed by atoms with Gasteiger partial charge in [-0.25, -0.2) is 0 Å². The first-order valence-corrected chi connectivity index (χ1v) is 6.92. The second-order valence-electron chi connectivity index (χ2n) is 4.57. The lowest BCUT2D eigenvalue weighted by molar-refractivity contribution is 0.392. The molecule has 0 radical (unpaired) electrons. The summed E-state index contributed by atoms with van der Waals surface area (Å²) in [5, 5.41) is 1.03. The molecular weight excluding hydrogens is 264 g/mol. The summed E-state index contributed by atoms with van der Waals surface area (Å²) in [5.41, 5.74) is 2.65. The van der Waals surface area contributed by atoms with E-state index in [1.54, 1.807) is 7.11 Å². The molecule has 1 aromatic carbocycles. The van der Waals surface area contributed by atoms with Gasteiger partial charge < -0.3 is 4.74 Å². The molecule has 0 saturated heterocycles. The first kappa shape index (κ1) is 13.6. The first-order chi connectivity index (χ1) is 7.60. The van der Waals surface area contributed by atoms with Crippen molar-refractivity contribution in [3.8, 4) is 5.75 Å². The number of alkyl halides is 1. The normalized spacial score (nSPS) is 12.9. The van der Waals surface area contributed by atoms with Crippen LogP contribution in [0.4, 0.5) is 0 Å². The summed E-state index contributed by atoms with van der Waals surface area (Å²) in [4.78, 5) is 0. The molecule has 0 bridgehead atoms. The monoisotopic (exact) mass is 284 g/mol. The number of aryl methyl sites for hydroxylation is 1. The van der Waals surface area contributed by atoms with Crippen LogP contribution < -0.4 is 4.74 Å². The largest absolute Gasteiger partial charge is 0.496 e. The number of ether oxygens (including phenoxy) is 1. The predicted molar refractivity (Wildman–Crippen MR) is 73.7 cm³/mol. The van der Waals surface area contributed by atoms with Gasteiger partial charge in [0.2, 0.25) is 0 Å². The number of methoxy groups -OCH3 is 1. The highest BCUT2D eigenvalue weighted by Gasteiger charge is 2.19.